The highest BCUT2D eigenvalue weighted by Crippen LogP contribution is 2.37. The minimum atomic E-state index is -0.794. The van der Waals surface area contributed by atoms with Crippen molar-refractivity contribution in [2.24, 2.45) is 5.92 Å². The standard InChI is InChI=1S/C20H20FNO3S/c21-16-6-8-17(9-7-16)26-18(14-4-2-1-3-5-14)19(23)22-12-10-15(11-13-22)20(24)25/h1-9,15,18H,10-13H2,(H,24,25). The molecule has 136 valence electrons. The van der Waals surface area contributed by atoms with Gasteiger partial charge in [0.25, 0.3) is 0 Å². The number of aliphatic carboxylic acids is 1. The number of carboxylic acids is 1. The summed E-state index contributed by atoms with van der Waals surface area (Å²) in [5.74, 6) is -1.52. The third kappa shape index (κ3) is 4.43. The van der Waals surface area contributed by atoms with Crippen LogP contribution in [0, 0.1) is 11.7 Å². The minimum Gasteiger partial charge on any atom is -0.481 e. The summed E-state index contributed by atoms with van der Waals surface area (Å²) in [5, 5.41) is 8.69. The van der Waals surface area contributed by atoms with Gasteiger partial charge in [0.2, 0.25) is 5.91 Å². The average molecular weight is 373 g/mol. The van der Waals surface area contributed by atoms with E-state index in [1.807, 2.05) is 30.3 Å². The van der Waals surface area contributed by atoms with Gasteiger partial charge in [-0.25, -0.2) is 4.39 Å². The first-order valence-corrected chi connectivity index (χ1v) is 9.41. The lowest BCUT2D eigenvalue weighted by Crippen LogP contribution is -2.42. The van der Waals surface area contributed by atoms with E-state index in [2.05, 4.69) is 0 Å². The molecule has 1 saturated heterocycles. The van der Waals surface area contributed by atoms with Gasteiger partial charge in [-0.2, -0.15) is 0 Å². The van der Waals surface area contributed by atoms with Crippen molar-refractivity contribution in [1.29, 1.82) is 0 Å². The van der Waals surface area contributed by atoms with Crippen molar-refractivity contribution < 1.29 is 19.1 Å². The van der Waals surface area contributed by atoms with Gasteiger partial charge in [-0.15, -0.1) is 11.8 Å². The number of amides is 1. The molecule has 0 radical (unpaired) electrons. The number of likely N-dealkylation sites (tertiary alicyclic amines) is 1. The molecular formula is C20H20FNO3S. The van der Waals surface area contributed by atoms with Crippen molar-refractivity contribution in [1.82, 2.24) is 4.90 Å². The molecule has 6 heteroatoms. The molecule has 0 spiro atoms. The number of carboxylic acid groups (broad SMARTS) is 1. The molecule has 0 aromatic heterocycles. The number of halogens is 1. The summed E-state index contributed by atoms with van der Waals surface area (Å²) in [6, 6.07) is 15.6. The fraction of sp³-hybridized carbons (Fsp3) is 0.300. The van der Waals surface area contributed by atoms with Crippen LogP contribution in [-0.4, -0.2) is 35.0 Å². The van der Waals surface area contributed by atoms with Gasteiger partial charge < -0.3 is 10.0 Å². The molecule has 1 fully saturated rings. The third-order valence-corrected chi connectivity index (χ3v) is 5.80. The number of nitrogens with zero attached hydrogens (tertiary/aromatic N) is 1. The lowest BCUT2D eigenvalue weighted by molar-refractivity contribution is -0.145. The molecule has 26 heavy (non-hydrogen) atoms. The normalized spacial score (nSPS) is 16.3. The molecule has 4 nitrogen and oxygen atoms in total. The Labute approximate surface area is 156 Å². The summed E-state index contributed by atoms with van der Waals surface area (Å²) >= 11 is 1.39. The molecule has 1 aliphatic rings. The Morgan fingerprint density at radius 2 is 1.65 bits per heavy atom. The van der Waals surface area contributed by atoms with Crippen molar-refractivity contribution in [2.45, 2.75) is 23.0 Å². The van der Waals surface area contributed by atoms with Crippen molar-refractivity contribution in [3.05, 3.63) is 66.0 Å². The van der Waals surface area contributed by atoms with Gasteiger partial charge in [-0.3, -0.25) is 9.59 Å². The summed E-state index contributed by atoms with van der Waals surface area (Å²) in [7, 11) is 0. The molecule has 1 amide bonds. The Morgan fingerprint density at radius 1 is 1.04 bits per heavy atom. The second kappa shape index (κ2) is 8.36. The summed E-state index contributed by atoms with van der Waals surface area (Å²) in [6.07, 6.45) is 0.952. The van der Waals surface area contributed by atoms with Gasteiger partial charge in [-0.1, -0.05) is 30.3 Å². The molecule has 1 heterocycles. The van der Waals surface area contributed by atoms with Crippen LogP contribution in [-0.2, 0) is 9.59 Å². The minimum absolute atomic E-state index is 0.0330. The van der Waals surface area contributed by atoms with Crippen molar-refractivity contribution in [3.8, 4) is 0 Å². The first-order chi connectivity index (χ1) is 12.5. The van der Waals surface area contributed by atoms with E-state index in [4.69, 9.17) is 5.11 Å². The molecule has 0 aliphatic carbocycles. The van der Waals surface area contributed by atoms with Crippen LogP contribution in [0.3, 0.4) is 0 Å². The fourth-order valence-corrected chi connectivity index (χ4v) is 4.16. The maximum Gasteiger partial charge on any atom is 0.306 e. The zero-order chi connectivity index (χ0) is 18.5. The number of carbonyl (C=O) groups excluding carboxylic acids is 1. The Hall–Kier alpha value is -2.34. The third-order valence-electron chi connectivity index (χ3n) is 4.55. The van der Waals surface area contributed by atoms with E-state index in [9.17, 15) is 14.0 Å². The maximum atomic E-state index is 13.2. The monoisotopic (exact) mass is 373 g/mol. The largest absolute Gasteiger partial charge is 0.481 e. The van der Waals surface area contributed by atoms with Gasteiger partial charge in [0.15, 0.2) is 0 Å². The number of carbonyl (C=O) groups is 2. The Balaban J connectivity index is 1.78. The Bertz CT molecular complexity index is 758. The fourth-order valence-electron chi connectivity index (χ4n) is 3.05. The van der Waals surface area contributed by atoms with Crippen molar-refractivity contribution in [2.75, 3.05) is 13.1 Å². The Morgan fingerprint density at radius 3 is 2.23 bits per heavy atom. The number of hydrogen-bond donors (Lipinski definition) is 1. The SMILES string of the molecule is O=C(O)C1CCN(C(=O)C(Sc2ccc(F)cc2)c2ccccc2)CC1. The quantitative estimate of drug-likeness (QED) is 0.806. The molecule has 1 atom stereocenters. The van der Waals surface area contributed by atoms with Gasteiger partial charge in [0, 0.05) is 18.0 Å². The molecule has 1 aliphatic heterocycles. The van der Waals surface area contributed by atoms with Crippen LogP contribution in [0.5, 0.6) is 0 Å². The van der Waals surface area contributed by atoms with Crippen LogP contribution >= 0.6 is 11.8 Å². The summed E-state index contributed by atoms with van der Waals surface area (Å²) in [5.41, 5.74) is 0.882. The number of hydrogen-bond acceptors (Lipinski definition) is 3. The van der Waals surface area contributed by atoms with Crippen molar-refractivity contribution >= 4 is 23.6 Å². The van der Waals surface area contributed by atoms with Crippen molar-refractivity contribution in [3.63, 3.8) is 0 Å². The van der Waals surface area contributed by atoms with Crippen LogP contribution in [0.25, 0.3) is 0 Å². The zero-order valence-corrected chi connectivity index (χ0v) is 15.0. The molecule has 3 rings (SSSR count). The molecule has 1 unspecified atom stereocenters. The zero-order valence-electron chi connectivity index (χ0n) is 14.2. The van der Waals surface area contributed by atoms with Gasteiger partial charge in [0.05, 0.1) is 5.92 Å². The van der Waals surface area contributed by atoms with Crippen LogP contribution in [0.2, 0.25) is 0 Å². The van der Waals surface area contributed by atoms with E-state index in [1.165, 1.54) is 23.9 Å². The van der Waals surface area contributed by atoms with E-state index in [-0.39, 0.29) is 17.6 Å². The smallest absolute Gasteiger partial charge is 0.306 e. The molecule has 2 aromatic carbocycles. The van der Waals surface area contributed by atoms with E-state index < -0.39 is 11.2 Å². The molecule has 0 bridgehead atoms. The molecule has 0 saturated carbocycles. The average Bonchev–Trinajstić information content (AvgIpc) is 2.68. The highest BCUT2D eigenvalue weighted by molar-refractivity contribution is 8.00. The summed E-state index contributed by atoms with van der Waals surface area (Å²) < 4.78 is 13.2. The first kappa shape index (κ1) is 18.5. The predicted molar refractivity (Wildman–Crippen MR) is 98.4 cm³/mol. The number of rotatable bonds is 5. The number of benzene rings is 2. The van der Waals surface area contributed by atoms with Gasteiger partial charge >= 0.3 is 5.97 Å². The van der Waals surface area contributed by atoms with Crippen LogP contribution in [0.1, 0.15) is 23.7 Å². The second-order valence-corrected chi connectivity index (χ2v) is 7.48. The van der Waals surface area contributed by atoms with Gasteiger partial charge in [0.1, 0.15) is 11.1 Å². The lowest BCUT2D eigenvalue weighted by atomic mass is 9.96. The Kier molecular flexibility index (Phi) is 5.93. The highest BCUT2D eigenvalue weighted by atomic mass is 32.2. The lowest BCUT2D eigenvalue weighted by Gasteiger charge is -2.32. The summed E-state index contributed by atoms with van der Waals surface area (Å²) in [4.78, 5) is 26.8. The first-order valence-electron chi connectivity index (χ1n) is 8.53. The van der Waals surface area contributed by atoms with E-state index in [0.29, 0.717) is 25.9 Å². The second-order valence-electron chi connectivity index (χ2n) is 6.30. The molecule has 1 N–H and O–H groups in total. The van der Waals surface area contributed by atoms with E-state index >= 15 is 0 Å². The predicted octanol–water partition coefficient (Wildman–Crippen LogP) is 3.98. The highest BCUT2D eigenvalue weighted by Gasteiger charge is 2.32. The van der Waals surface area contributed by atoms with E-state index in [0.717, 1.165) is 10.5 Å². The van der Waals surface area contributed by atoms with Gasteiger partial charge in [-0.05, 0) is 42.7 Å². The topological polar surface area (TPSA) is 57.6 Å². The maximum absolute atomic E-state index is 13.2. The molecular weight excluding hydrogens is 353 g/mol. The van der Waals surface area contributed by atoms with Crippen LogP contribution in [0.4, 0.5) is 4.39 Å². The number of piperidine rings is 1. The van der Waals surface area contributed by atoms with Crippen LogP contribution < -0.4 is 0 Å². The van der Waals surface area contributed by atoms with Crippen LogP contribution in [0.15, 0.2) is 59.5 Å². The van der Waals surface area contributed by atoms with E-state index in [1.54, 1.807) is 17.0 Å². The number of thioether (sulfide) groups is 1. The summed E-state index contributed by atoms with van der Waals surface area (Å²) in [6.45, 7) is 0.895. The molecule has 2 aromatic rings.